The summed E-state index contributed by atoms with van der Waals surface area (Å²) in [6.07, 6.45) is 0. The molecule has 108 valence electrons. The van der Waals surface area contributed by atoms with E-state index in [1.165, 1.54) is 0 Å². The lowest BCUT2D eigenvalue weighted by molar-refractivity contribution is 0.150. The lowest BCUT2D eigenvalue weighted by Crippen LogP contribution is -2.35. The number of nitrogens with zero attached hydrogens (tertiary/aromatic N) is 2. The van der Waals surface area contributed by atoms with Gasteiger partial charge in [0, 0.05) is 23.7 Å². The molecule has 2 amide bonds. The number of halogens is 1. The first kappa shape index (κ1) is 14.8. The van der Waals surface area contributed by atoms with Gasteiger partial charge >= 0.3 is 6.03 Å². The highest BCUT2D eigenvalue weighted by Crippen LogP contribution is 2.34. The molecule has 0 aliphatic carbocycles. The summed E-state index contributed by atoms with van der Waals surface area (Å²) in [5.41, 5.74) is 6.75. The van der Waals surface area contributed by atoms with Crippen LogP contribution >= 0.6 is 15.9 Å². The number of aliphatic imine (C=N–C) groups is 1. The number of carbonyl (C=O) groups excluding carboxylic acids is 1. The Morgan fingerprint density at radius 3 is 2.85 bits per heavy atom. The minimum absolute atomic E-state index is 0.278. The van der Waals surface area contributed by atoms with Crippen LogP contribution < -0.4 is 10.5 Å². The fraction of sp³-hybridized carbons (Fsp3) is 0.385. The largest absolute Gasteiger partial charge is 0.497 e. The number of rotatable bonds is 5. The van der Waals surface area contributed by atoms with Crippen molar-refractivity contribution >= 4 is 27.8 Å². The Bertz CT molecular complexity index is 548. The molecule has 20 heavy (non-hydrogen) atoms. The van der Waals surface area contributed by atoms with Gasteiger partial charge in [-0.3, -0.25) is 0 Å². The minimum Gasteiger partial charge on any atom is -0.497 e. The molecule has 0 fully saturated rings. The molecule has 1 aromatic carbocycles. The van der Waals surface area contributed by atoms with Crippen LogP contribution in [0.15, 0.2) is 27.7 Å². The Morgan fingerprint density at radius 1 is 1.45 bits per heavy atom. The number of methoxy groups -OCH3 is 2. The molecular formula is C13H16BrN3O3. The van der Waals surface area contributed by atoms with Gasteiger partial charge in [0.25, 0.3) is 0 Å². The summed E-state index contributed by atoms with van der Waals surface area (Å²) in [6.45, 7) is 0.848. The van der Waals surface area contributed by atoms with E-state index in [1.54, 1.807) is 19.1 Å². The van der Waals surface area contributed by atoms with Crippen LogP contribution in [0.1, 0.15) is 11.6 Å². The Kier molecular flexibility index (Phi) is 4.61. The van der Waals surface area contributed by atoms with Crippen LogP contribution in [0, 0.1) is 0 Å². The Labute approximate surface area is 125 Å². The van der Waals surface area contributed by atoms with Gasteiger partial charge in [-0.15, -0.1) is 0 Å². The van der Waals surface area contributed by atoms with E-state index in [-0.39, 0.29) is 11.9 Å². The first-order valence-electron chi connectivity index (χ1n) is 6.05. The van der Waals surface area contributed by atoms with Gasteiger partial charge in [-0.25, -0.2) is 4.79 Å². The van der Waals surface area contributed by atoms with Gasteiger partial charge in [0.15, 0.2) is 0 Å². The predicted molar refractivity (Wildman–Crippen MR) is 79.0 cm³/mol. The van der Waals surface area contributed by atoms with Crippen molar-refractivity contribution in [1.82, 2.24) is 4.90 Å². The van der Waals surface area contributed by atoms with Crippen LogP contribution in [0.5, 0.6) is 5.75 Å². The number of benzene rings is 1. The monoisotopic (exact) mass is 341 g/mol. The number of hydrogen-bond donors (Lipinski definition) is 1. The number of hydrogen-bond acceptors (Lipinski definition) is 4. The van der Waals surface area contributed by atoms with Crippen molar-refractivity contribution in [3.63, 3.8) is 0 Å². The predicted octanol–water partition coefficient (Wildman–Crippen LogP) is 1.94. The summed E-state index contributed by atoms with van der Waals surface area (Å²) in [5, 5.41) is 0. The average Bonchev–Trinajstić information content (AvgIpc) is 2.71. The fourth-order valence-corrected chi connectivity index (χ4v) is 2.57. The van der Waals surface area contributed by atoms with Gasteiger partial charge in [0.2, 0.25) is 0 Å². The second kappa shape index (κ2) is 6.23. The van der Waals surface area contributed by atoms with E-state index in [2.05, 4.69) is 20.9 Å². The van der Waals surface area contributed by atoms with E-state index >= 15 is 0 Å². The highest BCUT2D eigenvalue weighted by molar-refractivity contribution is 9.10. The van der Waals surface area contributed by atoms with Gasteiger partial charge in [0.05, 0.1) is 13.7 Å². The molecule has 0 saturated carbocycles. The maximum Gasteiger partial charge on any atom is 0.346 e. The number of carbonyl (C=O) groups is 1. The van der Waals surface area contributed by atoms with E-state index in [4.69, 9.17) is 15.2 Å². The molecule has 7 heteroatoms. The number of amidine groups is 1. The molecule has 2 rings (SSSR count). The third-order valence-corrected chi connectivity index (χ3v) is 3.82. The van der Waals surface area contributed by atoms with Crippen LogP contribution in [-0.2, 0) is 4.74 Å². The first-order valence-corrected chi connectivity index (χ1v) is 6.84. The maximum atomic E-state index is 11.9. The highest BCUT2D eigenvalue weighted by Gasteiger charge is 2.35. The third kappa shape index (κ3) is 2.78. The number of amides is 2. The van der Waals surface area contributed by atoms with Gasteiger partial charge in [-0.05, 0) is 18.2 Å². The van der Waals surface area contributed by atoms with E-state index in [0.717, 1.165) is 10.0 Å². The molecule has 0 saturated heterocycles. The molecule has 1 aliphatic rings. The molecule has 0 bridgehead atoms. The molecule has 1 unspecified atom stereocenters. The van der Waals surface area contributed by atoms with E-state index in [9.17, 15) is 4.79 Å². The van der Waals surface area contributed by atoms with Crippen LogP contribution in [0.2, 0.25) is 0 Å². The molecule has 6 nitrogen and oxygen atoms in total. The molecule has 2 N–H and O–H groups in total. The zero-order chi connectivity index (χ0) is 14.7. The zero-order valence-electron chi connectivity index (χ0n) is 11.3. The standard InChI is InChI=1S/C13H16BrN3O3/c1-19-6-5-17-11(12(15)16-13(17)18)9-7-8(20-2)3-4-10(9)14/h3-4,7,11H,5-6H2,1-2H3,(H2,15,16,18). The highest BCUT2D eigenvalue weighted by atomic mass is 79.9. The Balaban J connectivity index is 2.37. The topological polar surface area (TPSA) is 77.2 Å². The lowest BCUT2D eigenvalue weighted by atomic mass is 10.0. The Hall–Kier alpha value is -1.60. The van der Waals surface area contributed by atoms with Crippen LogP contribution in [0.3, 0.4) is 0 Å². The second-order valence-corrected chi connectivity index (χ2v) is 5.15. The van der Waals surface area contributed by atoms with Gasteiger partial charge in [-0.2, -0.15) is 4.99 Å². The number of nitrogens with two attached hydrogens (primary N) is 1. The van der Waals surface area contributed by atoms with E-state index < -0.39 is 6.04 Å². The molecule has 1 aromatic rings. The quantitative estimate of drug-likeness (QED) is 0.887. The lowest BCUT2D eigenvalue weighted by Gasteiger charge is -2.25. The van der Waals surface area contributed by atoms with Crippen molar-refractivity contribution in [3.8, 4) is 5.75 Å². The smallest absolute Gasteiger partial charge is 0.346 e. The van der Waals surface area contributed by atoms with Crippen molar-refractivity contribution in [2.75, 3.05) is 27.4 Å². The van der Waals surface area contributed by atoms with Crippen LogP contribution in [-0.4, -0.2) is 44.1 Å². The molecule has 0 radical (unpaired) electrons. The molecular weight excluding hydrogens is 326 g/mol. The maximum absolute atomic E-state index is 11.9. The van der Waals surface area contributed by atoms with Crippen LogP contribution in [0.25, 0.3) is 0 Å². The van der Waals surface area contributed by atoms with Gasteiger partial charge in [-0.1, -0.05) is 15.9 Å². The summed E-state index contributed by atoms with van der Waals surface area (Å²) in [4.78, 5) is 17.3. The molecule has 1 aliphatic heterocycles. The summed E-state index contributed by atoms with van der Waals surface area (Å²) >= 11 is 3.48. The Morgan fingerprint density at radius 2 is 2.20 bits per heavy atom. The fourth-order valence-electron chi connectivity index (χ4n) is 2.11. The summed E-state index contributed by atoms with van der Waals surface area (Å²) in [5.74, 6) is 0.974. The van der Waals surface area contributed by atoms with Gasteiger partial charge in [0.1, 0.15) is 17.6 Å². The molecule has 0 spiro atoms. The third-order valence-electron chi connectivity index (χ3n) is 3.10. The molecule has 1 heterocycles. The van der Waals surface area contributed by atoms with Gasteiger partial charge < -0.3 is 20.1 Å². The molecule has 1 atom stereocenters. The summed E-state index contributed by atoms with van der Waals surface area (Å²) < 4.78 is 11.1. The average molecular weight is 342 g/mol. The normalized spacial score (nSPS) is 18.4. The zero-order valence-corrected chi connectivity index (χ0v) is 12.9. The number of ether oxygens (including phenoxy) is 2. The van der Waals surface area contributed by atoms with Crippen molar-refractivity contribution in [3.05, 3.63) is 28.2 Å². The van der Waals surface area contributed by atoms with E-state index in [0.29, 0.717) is 18.9 Å². The van der Waals surface area contributed by atoms with Crippen molar-refractivity contribution in [2.24, 2.45) is 10.7 Å². The summed E-state index contributed by atoms with van der Waals surface area (Å²) in [7, 11) is 3.17. The number of urea groups is 1. The van der Waals surface area contributed by atoms with Crippen LogP contribution in [0.4, 0.5) is 4.79 Å². The first-order chi connectivity index (χ1) is 9.58. The second-order valence-electron chi connectivity index (χ2n) is 4.30. The SMILES string of the molecule is COCCN1C(=O)N=C(N)C1c1cc(OC)ccc1Br. The van der Waals surface area contributed by atoms with Crippen molar-refractivity contribution < 1.29 is 14.3 Å². The van der Waals surface area contributed by atoms with E-state index in [1.807, 2.05) is 18.2 Å². The minimum atomic E-state index is -0.401. The molecule has 0 aromatic heterocycles. The van der Waals surface area contributed by atoms with Crippen molar-refractivity contribution in [1.29, 1.82) is 0 Å². The summed E-state index contributed by atoms with van der Waals surface area (Å²) in [6, 6.07) is 4.78. The van der Waals surface area contributed by atoms with Crippen molar-refractivity contribution in [2.45, 2.75) is 6.04 Å².